The van der Waals surface area contributed by atoms with Gasteiger partial charge in [-0.2, -0.15) is 0 Å². The average Bonchev–Trinajstić information content (AvgIpc) is 3.06. The fourth-order valence-corrected chi connectivity index (χ4v) is 3.73. The van der Waals surface area contributed by atoms with Gasteiger partial charge in [0.25, 0.3) is 0 Å². The maximum Gasteiger partial charge on any atom is 0.474 e. The van der Waals surface area contributed by atoms with Crippen LogP contribution in [0.2, 0.25) is 0 Å². The summed E-state index contributed by atoms with van der Waals surface area (Å²) in [5.74, 6) is 0.714. The van der Waals surface area contributed by atoms with Crippen molar-refractivity contribution in [1.82, 2.24) is 0 Å². The number of phosphoric acid groups is 1. The Bertz CT molecular complexity index is 475. The molecule has 0 unspecified atom stereocenters. The van der Waals surface area contributed by atoms with E-state index in [9.17, 15) is 4.57 Å². The van der Waals surface area contributed by atoms with Gasteiger partial charge in [0.15, 0.2) is 0 Å². The zero-order chi connectivity index (χ0) is 15.1. The lowest BCUT2D eigenvalue weighted by Crippen LogP contribution is -2.02. The first-order valence-corrected chi connectivity index (χ1v) is 9.08. The van der Waals surface area contributed by atoms with Crippen molar-refractivity contribution in [2.75, 3.05) is 20.8 Å². The molecule has 21 heavy (non-hydrogen) atoms. The van der Waals surface area contributed by atoms with Crippen LogP contribution in [-0.4, -0.2) is 20.8 Å². The molecule has 118 valence electrons. The first-order chi connectivity index (χ1) is 10.2. The molecule has 0 bridgehead atoms. The van der Waals surface area contributed by atoms with Crippen molar-refractivity contribution < 1.29 is 18.1 Å². The van der Waals surface area contributed by atoms with Crippen molar-refractivity contribution in [3.05, 3.63) is 35.4 Å². The summed E-state index contributed by atoms with van der Waals surface area (Å²) in [4.78, 5) is 0. The van der Waals surface area contributed by atoms with Gasteiger partial charge in [0.05, 0.1) is 6.61 Å². The average molecular weight is 312 g/mol. The number of hydrogen-bond donors (Lipinski definition) is 0. The van der Waals surface area contributed by atoms with E-state index < -0.39 is 7.82 Å². The zero-order valence-corrected chi connectivity index (χ0v) is 13.8. The van der Waals surface area contributed by atoms with E-state index in [4.69, 9.17) is 13.6 Å². The van der Waals surface area contributed by atoms with Crippen LogP contribution < -0.4 is 0 Å². The summed E-state index contributed by atoms with van der Waals surface area (Å²) < 4.78 is 26.5. The summed E-state index contributed by atoms with van der Waals surface area (Å²) in [7, 11) is -0.669. The summed E-state index contributed by atoms with van der Waals surface area (Å²) >= 11 is 0. The van der Waals surface area contributed by atoms with Crippen molar-refractivity contribution in [3.63, 3.8) is 0 Å². The van der Waals surface area contributed by atoms with Crippen LogP contribution >= 0.6 is 7.82 Å². The van der Waals surface area contributed by atoms with Crippen LogP contribution in [0, 0.1) is 0 Å². The molecule has 5 heteroatoms. The maximum atomic E-state index is 11.8. The smallest absolute Gasteiger partial charge is 0.290 e. The molecule has 0 aromatic heterocycles. The third-order valence-electron chi connectivity index (χ3n) is 4.14. The van der Waals surface area contributed by atoms with E-state index in [0.717, 1.165) is 12.8 Å². The summed E-state index contributed by atoms with van der Waals surface area (Å²) in [5.41, 5.74) is 2.87. The number of phosphoric ester groups is 1. The Morgan fingerprint density at radius 2 is 1.81 bits per heavy atom. The standard InChI is InChI=1S/C16H25O4P/c1-18-21(17,19-2)20-13-7-11-15-10-5-6-12-16(15)14-8-3-4-9-14/h5-6,10,12,14H,3-4,7-9,11,13H2,1-2H3. The molecule has 4 nitrogen and oxygen atoms in total. The normalized spacial score (nSPS) is 16.5. The van der Waals surface area contributed by atoms with E-state index in [0.29, 0.717) is 12.5 Å². The molecule has 0 saturated heterocycles. The van der Waals surface area contributed by atoms with Crippen molar-refractivity contribution in [2.45, 2.75) is 44.4 Å². The highest BCUT2D eigenvalue weighted by Crippen LogP contribution is 2.47. The Balaban J connectivity index is 1.87. The second kappa shape index (κ2) is 8.09. The molecule has 1 aromatic rings. The predicted molar refractivity (Wildman–Crippen MR) is 83.5 cm³/mol. The van der Waals surface area contributed by atoms with Gasteiger partial charge in [-0.15, -0.1) is 0 Å². The highest BCUT2D eigenvalue weighted by Gasteiger charge is 2.22. The summed E-state index contributed by atoms with van der Waals surface area (Å²) in [5, 5.41) is 0. The minimum Gasteiger partial charge on any atom is -0.290 e. The monoisotopic (exact) mass is 312 g/mol. The van der Waals surface area contributed by atoms with Crippen LogP contribution in [0.15, 0.2) is 24.3 Å². The largest absolute Gasteiger partial charge is 0.474 e. The minimum atomic E-state index is -3.33. The molecule has 0 atom stereocenters. The molecule has 0 amide bonds. The third kappa shape index (κ3) is 4.65. The van der Waals surface area contributed by atoms with Crippen LogP contribution in [0.1, 0.15) is 49.1 Å². The summed E-state index contributed by atoms with van der Waals surface area (Å²) in [6, 6.07) is 8.66. The minimum absolute atomic E-state index is 0.373. The molecule has 2 rings (SSSR count). The molecule has 1 aliphatic rings. The van der Waals surface area contributed by atoms with E-state index in [1.165, 1.54) is 51.0 Å². The Kier molecular flexibility index (Phi) is 6.43. The molecule has 0 aliphatic heterocycles. The summed E-state index contributed by atoms with van der Waals surface area (Å²) in [6.45, 7) is 0.373. The van der Waals surface area contributed by atoms with Crippen molar-refractivity contribution in [3.8, 4) is 0 Å². The van der Waals surface area contributed by atoms with Gasteiger partial charge in [-0.3, -0.25) is 13.6 Å². The van der Waals surface area contributed by atoms with Crippen LogP contribution in [-0.2, 0) is 24.6 Å². The van der Waals surface area contributed by atoms with Crippen molar-refractivity contribution >= 4 is 7.82 Å². The summed E-state index contributed by atoms with van der Waals surface area (Å²) in [6.07, 6.45) is 7.02. The quantitative estimate of drug-likeness (QED) is 0.516. The van der Waals surface area contributed by atoms with E-state index in [2.05, 4.69) is 24.3 Å². The van der Waals surface area contributed by atoms with Gasteiger partial charge in [0.1, 0.15) is 0 Å². The topological polar surface area (TPSA) is 44.8 Å². The Morgan fingerprint density at radius 3 is 2.48 bits per heavy atom. The van der Waals surface area contributed by atoms with Gasteiger partial charge >= 0.3 is 7.82 Å². The Hall–Kier alpha value is -0.670. The molecule has 1 aliphatic carbocycles. The molecule has 1 aromatic carbocycles. The molecule has 1 fully saturated rings. The molecule has 0 radical (unpaired) electrons. The Morgan fingerprint density at radius 1 is 1.14 bits per heavy atom. The molecule has 0 heterocycles. The molecule has 1 saturated carbocycles. The predicted octanol–water partition coefficient (Wildman–Crippen LogP) is 4.69. The first-order valence-electron chi connectivity index (χ1n) is 7.62. The Labute approximate surface area is 127 Å². The van der Waals surface area contributed by atoms with Gasteiger partial charge in [0, 0.05) is 14.2 Å². The lowest BCUT2D eigenvalue weighted by atomic mass is 9.91. The van der Waals surface area contributed by atoms with Crippen molar-refractivity contribution in [1.29, 1.82) is 0 Å². The van der Waals surface area contributed by atoms with Crippen LogP contribution in [0.4, 0.5) is 0 Å². The van der Waals surface area contributed by atoms with Crippen molar-refractivity contribution in [2.24, 2.45) is 0 Å². The fourth-order valence-electron chi connectivity index (χ4n) is 3.02. The molecule has 0 spiro atoms. The van der Waals surface area contributed by atoms with E-state index >= 15 is 0 Å². The van der Waals surface area contributed by atoms with Gasteiger partial charge in [-0.25, -0.2) is 4.57 Å². The second-order valence-electron chi connectivity index (χ2n) is 5.43. The SMILES string of the molecule is COP(=O)(OC)OCCCc1ccccc1C1CCCC1. The van der Waals surface area contributed by atoms with Crippen LogP contribution in [0.3, 0.4) is 0 Å². The zero-order valence-electron chi connectivity index (χ0n) is 12.9. The third-order valence-corrected chi connectivity index (χ3v) is 5.53. The molecular weight excluding hydrogens is 287 g/mol. The van der Waals surface area contributed by atoms with Gasteiger partial charge in [0.2, 0.25) is 0 Å². The molecular formula is C16H25O4P. The van der Waals surface area contributed by atoms with E-state index in [1.54, 1.807) is 0 Å². The van der Waals surface area contributed by atoms with Crippen LogP contribution in [0.5, 0.6) is 0 Å². The molecule has 0 N–H and O–H groups in total. The van der Waals surface area contributed by atoms with E-state index in [1.807, 2.05) is 0 Å². The number of benzene rings is 1. The van der Waals surface area contributed by atoms with Crippen LogP contribution in [0.25, 0.3) is 0 Å². The highest BCUT2D eigenvalue weighted by atomic mass is 31.2. The number of hydrogen-bond acceptors (Lipinski definition) is 4. The lowest BCUT2D eigenvalue weighted by molar-refractivity contribution is 0.151. The first kappa shape index (κ1) is 16.7. The lowest BCUT2D eigenvalue weighted by Gasteiger charge is -2.16. The second-order valence-corrected chi connectivity index (χ2v) is 7.31. The van der Waals surface area contributed by atoms with Gasteiger partial charge in [-0.05, 0) is 42.7 Å². The van der Waals surface area contributed by atoms with E-state index in [-0.39, 0.29) is 0 Å². The number of aryl methyl sites for hydroxylation is 1. The fraction of sp³-hybridized carbons (Fsp3) is 0.625. The maximum absolute atomic E-state index is 11.8. The van der Waals surface area contributed by atoms with Gasteiger partial charge in [-0.1, -0.05) is 37.1 Å². The van der Waals surface area contributed by atoms with Gasteiger partial charge < -0.3 is 0 Å². The highest BCUT2D eigenvalue weighted by molar-refractivity contribution is 7.48. The number of rotatable bonds is 8.